The summed E-state index contributed by atoms with van der Waals surface area (Å²) in [7, 11) is 0. The Hall–Kier alpha value is -5.10. The first-order valence-corrected chi connectivity index (χ1v) is 19.6. The van der Waals surface area contributed by atoms with Crippen LogP contribution in [0.3, 0.4) is 0 Å². The fourth-order valence-corrected chi connectivity index (χ4v) is 7.69. The molecule has 0 saturated carbocycles. The summed E-state index contributed by atoms with van der Waals surface area (Å²) >= 11 is 19.3. The van der Waals surface area contributed by atoms with E-state index in [9.17, 15) is 0 Å². The molecule has 284 valence electrons. The third kappa shape index (κ3) is 7.80. The molecule has 9 rings (SSSR count). The summed E-state index contributed by atoms with van der Waals surface area (Å²) in [6.45, 7) is 10.1. The van der Waals surface area contributed by atoms with Crippen LogP contribution in [-0.4, -0.2) is 77.5 Å². The minimum Gasteiger partial charge on any atom is -0.378 e. The number of ether oxygens (including phenoxy) is 2. The van der Waals surface area contributed by atoms with Gasteiger partial charge in [-0.15, -0.1) is 0 Å². The van der Waals surface area contributed by atoms with E-state index >= 15 is 0 Å². The molecule has 2 aliphatic rings. The second kappa shape index (κ2) is 17.0. The highest BCUT2D eigenvalue weighted by atomic mass is 35.5. The molecular formula is C43H39Cl3N8O2. The summed E-state index contributed by atoms with van der Waals surface area (Å²) in [5.74, 6) is 0.908. The third-order valence-electron chi connectivity index (χ3n) is 9.96. The van der Waals surface area contributed by atoms with Crippen molar-refractivity contribution in [2.45, 2.75) is 13.8 Å². The molecule has 1 N–H and O–H groups in total. The highest BCUT2D eigenvalue weighted by molar-refractivity contribution is 6.40. The number of anilines is 4. The van der Waals surface area contributed by atoms with Crippen molar-refractivity contribution in [1.82, 2.24) is 24.9 Å². The Morgan fingerprint density at radius 2 is 1.16 bits per heavy atom. The molecule has 0 aliphatic carbocycles. The molecule has 56 heavy (non-hydrogen) atoms. The predicted octanol–water partition coefficient (Wildman–Crippen LogP) is 9.98. The van der Waals surface area contributed by atoms with E-state index in [1.54, 1.807) is 12.4 Å². The zero-order valence-corrected chi connectivity index (χ0v) is 33.2. The Bertz CT molecular complexity index is 2500. The Morgan fingerprint density at radius 3 is 1.75 bits per heavy atom. The predicted molar refractivity (Wildman–Crippen MR) is 228 cm³/mol. The van der Waals surface area contributed by atoms with Crippen LogP contribution >= 0.6 is 34.8 Å². The van der Waals surface area contributed by atoms with Gasteiger partial charge in [0.15, 0.2) is 5.82 Å². The van der Waals surface area contributed by atoms with Gasteiger partial charge in [-0.25, -0.2) is 15.0 Å². The van der Waals surface area contributed by atoms with Crippen molar-refractivity contribution >= 4 is 79.5 Å². The van der Waals surface area contributed by atoms with E-state index in [1.807, 2.05) is 79.9 Å². The lowest BCUT2D eigenvalue weighted by Gasteiger charge is -2.32. The lowest BCUT2D eigenvalue weighted by molar-refractivity contribution is 0.122. The SMILES string of the molecule is Cc1c(-c2ccccn2)nc2c(Cl)cccc2c1Cl.Cc1c(-c2ccccn2)nc2c(Cl)cccc2c1Nc1cc(N2CCOCC2)cnc1N1CCOCC1. The first kappa shape index (κ1) is 37.8. The number of benzene rings is 2. The first-order chi connectivity index (χ1) is 27.4. The van der Waals surface area contributed by atoms with Crippen LogP contribution in [0.25, 0.3) is 44.6 Å². The van der Waals surface area contributed by atoms with E-state index in [-0.39, 0.29) is 0 Å². The van der Waals surface area contributed by atoms with E-state index < -0.39 is 0 Å². The second-order valence-corrected chi connectivity index (χ2v) is 14.6. The minimum atomic E-state index is 0.594. The number of halogens is 3. The minimum absolute atomic E-state index is 0.594. The van der Waals surface area contributed by atoms with Gasteiger partial charge >= 0.3 is 0 Å². The zero-order chi connectivity index (χ0) is 38.6. The van der Waals surface area contributed by atoms with E-state index in [2.05, 4.69) is 49.1 Å². The first-order valence-electron chi connectivity index (χ1n) is 18.5. The lowest BCUT2D eigenvalue weighted by Crippen LogP contribution is -2.38. The van der Waals surface area contributed by atoms with E-state index in [0.717, 1.165) is 99.3 Å². The van der Waals surface area contributed by atoms with Gasteiger partial charge in [-0.2, -0.15) is 0 Å². The fourth-order valence-electron chi connectivity index (χ4n) is 7.01. The van der Waals surface area contributed by atoms with Crippen LogP contribution in [0.2, 0.25) is 15.1 Å². The van der Waals surface area contributed by atoms with Crippen molar-refractivity contribution in [3.05, 3.63) is 124 Å². The summed E-state index contributed by atoms with van der Waals surface area (Å²) in [6.07, 6.45) is 5.49. The van der Waals surface area contributed by atoms with Crippen molar-refractivity contribution in [1.29, 1.82) is 0 Å². The smallest absolute Gasteiger partial charge is 0.152 e. The number of pyridine rings is 5. The molecule has 0 radical (unpaired) electrons. The van der Waals surface area contributed by atoms with Gasteiger partial charge < -0.3 is 24.6 Å². The number of nitrogens with zero attached hydrogens (tertiary/aromatic N) is 7. The molecule has 0 amide bonds. The molecule has 0 unspecified atom stereocenters. The Kier molecular flexibility index (Phi) is 11.4. The van der Waals surface area contributed by atoms with Crippen molar-refractivity contribution in [3.63, 3.8) is 0 Å². The molecule has 2 fully saturated rings. The summed E-state index contributed by atoms with van der Waals surface area (Å²) in [6, 6.07) is 25.2. The molecule has 7 heterocycles. The largest absolute Gasteiger partial charge is 0.378 e. The molecule has 0 bridgehead atoms. The van der Waals surface area contributed by atoms with Gasteiger partial charge in [0.2, 0.25) is 0 Å². The average molecular weight is 806 g/mol. The molecule has 10 nitrogen and oxygen atoms in total. The molecule has 5 aromatic heterocycles. The molecule has 0 spiro atoms. The summed E-state index contributed by atoms with van der Waals surface area (Å²) in [4.78, 5) is 28.0. The Balaban J connectivity index is 0.000000194. The van der Waals surface area contributed by atoms with Crippen LogP contribution in [0.4, 0.5) is 22.9 Å². The van der Waals surface area contributed by atoms with Crippen molar-refractivity contribution in [2.24, 2.45) is 0 Å². The molecule has 2 aromatic carbocycles. The van der Waals surface area contributed by atoms with Gasteiger partial charge in [-0.3, -0.25) is 9.97 Å². The highest BCUT2D eigenvalue weighted by Gasteiger charge is 2.23. The number of morpholine rings is 2. The van der Waals surface area contributed by atoms with Crippen LogP contribution in [0.15, 0.2) is 97.5 Å². The molecular weight excluding hydrogens is 767 g/mol. The fraction of sp³-hybridized carbons (Fsp3) is 0.233. The normalized spacial score (nSPS) is 14.4. The van der Waals surface area contributed by atoms with Crippen LogP contribution in [0.5, 0.6) is 0 Å². The number of rotatable bonds is 6. The maximum atomic E-state index is 6.66. The van der Waals surface area contributed by atoms with Crippen LogP contribution in [0, 0.1) is 13.8 Å². The average Bonchev–Trinajstić information content (AvgIpc) is 3.25. The Morgan fingerprint density at radius 1 is 0.607 bits per heavy atom. The number of fused-ring (bicyclic) bond motifs is 2. The highest BCUT2D eigenvalue weighted by Crippen LogP contribution is 2.40. The van der Waals surface area contributed by atoms with Crippen LogP contribution in [0.1, 0.15) is 11.1 Å². The molecule has 2 aliphatic heterocycles. The van der Waals surface area contributed by atoms with E-state index in [1.165, 1.54) is 0 Å². The number of nitrogens with one attached hydrogen (secondary N) is 1. The van der Waals surface area contributed by atoms with Gasteiger partial charge in [-0.1, -0.05) is 71.2 Å². The maximum Gasteiger partial charge on any atom is 0.152 e. The topological polar surface area (TPSA) is 101 Å². The quantitative estimate of drug-likeness (QED) is 0.175. The number of hydrogen-bond acceptors (Lipinski definition) is 10. The lowest BCUT2D eigenvalue weighted by atomic mass is 10.0. The van der Waals surface area contributed by atoms with Crippen LogP contribution in [-0.2, 0) is 9.47 Å². The van der Waals surface area contributed by atoms with Crippen molar-refractivity contribution in [3.8, 4) is 22.8 Å². The maximum absolute atomic E-state index is 6.66. The molecule has 7 aromatic rings. The van der Waals surface area contributed by atoms with Gasteiger partial charge in [0, 0.05) is 54.9 Å². The van der Waals surface area contributed by atoms with Gasteiger partial charge in [0.05, 0.1) is 98.6 Å². The summed E-state index contributed by atoms with van der Waals surface area (Å²) < 4.78 is 11.2. The second-order valence-electron chi connectivity index (χ2n) is 13.5. The van der Waals surface area contributed by atoms with Gasteiger partial charge in [-0.05, 0) is 61.9 Å². The van der Waals surface area contributed by atoms with Crippen LogP contribution < -0.4 is 15.1 Å². The molecule has 0 atom stereocenters. The number of para-hydroxylation sites is 2. The van der Waals surface area contributed by atoms with E-state index in [4.69, 9.17) is 54.2 Å². The third-order valence-corrected chi connectivity index (χ3v) is 11.1. The molecule has 13 heteroatoms. The standard InChI is InChI=1S/C28H29ClN6O2.C15H10Cl2N2/c1-19-25(21-5-4-6-22(29)27(21)33-26(19)23-7-2-3-8-30-23)32-24-17-20(34-9-13-36-14-10-34)18-31-28(24)35-11-15-37-16-12-35;1-9-13(17)10-5-4-6-11(16)15(10)19-14(9)12-7-2-3-8-18-12/h2-8,17-18H,9-16H2,1H3,(H,32,33);2-8H,1H3. The zero-order valence-electron chi connectivity index (χ0n) is 31.0. The monoisotopic (exact) mass is 804 g/mol. The van der Waals surface area contributed by atoms with Crippen molar-refractivity contribution < 1.29 is 9.47 Å². The molecule has 2 saturated heterocycles. The summed E-state index contributed by atoms with van der Waals surface area (Å²) in [5, 5.41) is 7.46. The Labute approximate surface area is 340 Å². The number of hydrogen-bond donors (Lipinski definition) is 1. The number of aromatic nitrogens is 5. The van der Waals surface area contributed by atoms with Crippen molar-refractivity contribution in [2.75, 3.05) is 67.7 Å². The van der Waals surface area contributed by atoms with Gasteiger partial charge in [0.25, 0.3) is 0 Å². The van der Waals surface area contributed by atoms with Gasteiger partial charge in [0.1, 0.15) is 0 Å². The summed E-state index contributed by atoms with van der Waals surface area (Å²) in [5.41, 5.74) is 9.48. The van der Waals surface area contributed by atoms with E-state index in [0.29, 0.717) is 47.0 Å².